The maximum absolute atomic E-state index is 12.4. The predicted octanol–water partition coefficient (Wildman–Crippen LogP) is 3.05. The minimum absolute atomic E-state index is 0.00466. The first-order valence-electron chi connectivity index (χ1n) is 7.37. The number of rotatable bonds is 6. The Kier molecular flexibility index (Phi) is 4.70. The highest BCUT2D eigenvalue weighted by molar-refractivity contribution is 5.94. The molecule has 1 N–H and O–H groups in total. The molecule has 3 rings (SSSR count). The largest absolute Gasteiger partial charge is 0.435 e. The molecule has 0 radical (unpaired) electrons. The molecule has 7 nitrogen and oxygen atoms in total. The number of fused-ring (bicyclic) bond motifs is 1. The Hall–Kier alpha value is -3.28. The molecular formula is C16H13F2N5O2. The quantitative estimate of drug-likeness (QED) is 0.733. The molecule has 0 amide bonds. The van der Waals surface area contributed by atoms with E-state index in [0.717, 1.165) is 0 Å². The Morgan fingerprint density at radius 2 is 2.24 bits per heavy atom. The molecule has 0 atom stereocenters. The second-order valence-electron chi connectivity index (χ2n) is 5.13. The van der Waals surface area contributed by atoms with Crippen LogP contribution in [0.4, 0.5) is 14.5 Å². The number of hydrogen-bond donors (Lipinski definition) is 1. The summed E-state index contributed by atoms with van der Waals surface area (Å²) in [7, 11) is 0. The van der Waals surface area contributed by atoms with E-state index in [1.165, 1.54) is 18.3 Å². The van der Waals surface area contributed by atoms with Gasteiger partial charge in [0.1, 0.15) is 11.8 Å². The van der Waals surface area contributed by atoms with Crippen molar-refractivity contribution < 1.29 is 18.0 Å². The van der Waals surface area contributed by atoms with Crippen molar-refractivity contribution >= 4 is 16.6 Å². The van der Waals surface area contributed by atoms with Crippen molar-refractivity contribution in [2.45, 2.75) is 20.0 Å². The minimum Gasteiger partial charge on any atom is -0.435 e. The molecule has 1 aromatic carbocycles. The summed E-state index contributed by atoms with van der Waals surface area (Å²) in [4.78, 5) is 8.25. The summed E-state index contributed by atoms with van der Waals surface area (Å²) < 4.78 is 34.3. The van der Waals surface area contributed by atoms with Crippen LogP contribution in [0.2, 0.25) is 0 Å². The number of alkyl halides is 2. The fourth-order valence-electron chi connectivity index (χ4n) is 2.36. The number of aryl methyl sites for hydroxylation is 1. The molecule has 0 aliphatic heterocycles. The molecule has 0 unspecified atom stereocenters. The maximum atomic E-state index is 12.4. The van der Waals surface area contributed by atoms with E-state index in [0.29, 0.717) is 46.8 Å². The number of nitrogens with one attached hydrogen (secondary N) is 1. The van der Waals surface area contributed by atoms with Crippen molar-refractivity contribution in [2.24, 2.45) is 0 Å². The standard InChI is InChI=1S/C16H13F2N5O2/c1-9-22-14(25-23-9)4-5-20-15-10(7-19)8-21-13-3-2-11(6-12(13)15)24-16(17)18/h2-3,6,8,16H,4-5H2,1H3,(H,20,21). The zero-order chi connectivity index (χ0) is 17.8. The van der Waals surface area contributed by atoms with Crippen molar-refractivity contribution in [1.29, 1.82) is 5.26 Å². The van der Waals surface area contributed by atoms with Crippen molar-refractivity contribution in [3.05, 3.63) is 41.7 Å². The Balaban J connectivity index is 1.88. The first kappa shape index (κ1) is 16.6. The van der Waals surface area contributed by atoms with Gasteiger partial charge in [0.25, 0.3) is 0 Å². The van der Waals surface area contributed by atoms with Gasteiger partial charge in [-0.05, 0) is 25.1 Å². The predicted molar refractivity (Wildman–Crippen MR) is 84.3 cm³/mol. The molecule has 0 fully saturated rings. The number of anilines is 1. The SMILES string of the molecule is Cc1noc(CCNc2c(C#N)cnc3ccc(OC(F)F)cc23)n1. The number of nitriles is 1. The van der Waals surface area contributed by atoms with Gasteiger partial charge in [-0.2, -0.15) is 19.0 Å². The lowest BCUT2D eigenvalue weighted by Gasteiger charge is -2.12. The van der Waals surface area contributed by atoms with Gasteiger partial charge in [-0.25, -0.2) is 0 Å². The van der Waals surface area contributed by atoms with E-state index in [1.54, 1.807) is 13.0 Å². The maximum Gasteiger partial charge on any atom is 0.387 e. The van der Waals surface area contributed by atoms with E-state index in [2.05, 4.69) is 25.2 Å². The van der Waals surface area contributed by atoms with Crippen molar-refractivity contribution in [3.63, 3.8) is 0 Å². The number of benzene rings is 1. The number of hydrogen-bond acceptors (Lipinski definition) is 7. The van der Waals surface area contributed by atoms with Crippen LogP contribution in [0.15, 0.2) is 28.9 Å². The van der Waals surface area contributed by atoms with Gasteiger partial charge in [-0.1, -0.05) is 5.16 Å². The fraction of sp³-hybridized carbons (Fsp3) is 0.250. The van der Waals surface area contributed by atoms with Crippen molar-refractivity contribution in [2.75, 3.05) is 11.9 Å². The molecule has 0 aliphatic rings. The Bertz CT molecular complexity index is 936. The first-order valence-corrected chi connectivity index (χ1v) is 7.37. The monoisotopic (exact) mass is 345 g/mol. The Morgan fingerprint density at radius 3 is 2.92 bits per heavy atom. The molecule has 2 aromatic heterocycles. The number of nitrogens with zero attached hydrogens (tertiary/aromatic N) is 4. The smallest absolute Gasteiger partial charge is 0.387 e. The number of ether oxygens (including phenoxy) is 1. The summed E-state index contributed by atoms with van der Waals surface area (Å²) in [6.45, 7) is -0.799. The van der Waals surface area contributed by atoms with Crippen molar-refractivity contribution in [1.82, 2.24) is 15.1 Å². The molecular weight excluding hydrogens is 332 g/mol. The Morgan fingerprint density at radius 1 is 1.40 bits per heavy atom. The number of aromatic nitrogens is 3. The second kappa shape index (κ2) is 7.09. The highest BCUT2D eigenvalue weighted by Crippen LogP contribution is 2.29. The van der Waals surface area contributed by atoms with Gasteiger partial charge < -0.3 is 14.6 Å². The first-order chi connectivity index (χ1) is 12.1. The lowest BCUT2D eigenvalue weighted by molar-refractivity contribution is -0.0497. The molecule has 0 saturated heterocycles. The van der Waals surface area contributed by atoms with Crippen LogP contribution >= 0.6 is 0 Å². The number of halogens is 2. The fourth-order valence-corrected chi connectivity index (χ4v) is 2.36. The molecule has 128 valence electrons. The lowest BCUT2D eigenvalue weighted by atomic mass is 10.1. The van der Waals surface area contributed by atoms with Gasteiger partial charge in [0.15, 0.2) is 5.82 Å². The van der Waals surface area contributed by atoms with Crippen LogP contribution in [0.1, 0.15) is 17.3 Å². The van der Waals surface area contributed by atoms with Crippen LogP contribution in [0.25, 0.3) is 10.9 Å². The van der Waals surface area contributed by atoms with Crippen LogP contribution in [0, 0.1) is 18.3 Å². The third kappa shape index (κ3) is 3.80. The summed E-state index contributed by atoms with van der Waals surface area (Å²) in [5, 5.41) is 16.6. The molecule has 2 heterocycles. The average Bonchev–Trinajstić information content (AvgIpc) is 2.99. The highest BCUT2D eigenvalue weighted by Gasteiger charge is 2.12. The van der Waals surface area contributed by atoms with Gasteiger partial charge in [-0.3, -0.25) is 4.98 Å². The number of pyridine rings is 1. The van der Waals surface area contributed by atoms with Crippen LogP contribution in [0.5, 0.6) is 5.75 Å². The van der Waals surface area contributed by atoms with Crippen LogP contribution in [-0.2, 0) is 6.42 Å². The van der Waals surface area contributed by atoms with Gasteiger partial charge in [0.05, 0.1) is 16.8 Å². The average molecular weight is 345 g/mol. The summed E-state index contributed by atoms with van der Waals surface area (Å²) in [6, 6.07) is 6.42. The molecule has 3 aromatic rings. The molecule has 0 spiro atoms. The second-order valence-corrected chi connectivity index (χ2v) is 5.13. The highest BCUT2D eigenvalue weighted by atomic mass is 19.3. The topological polar surface area (TPSA) is 96.9 Å². The third-order valence-electron chi connectivity index (χ3n) is 3.40. The van der Waals surface area contributed by atoms with Crippen LogP contribution in [-0.4, -0.2) is 28.3 Å². The molecule has 9 heteroatoms. The van der Waals surface area contributed by atoms with E-state index in [-0.39, 0.29) is 5.75 Å². The van der Waals surface area contributed by atoms with E-state index >= 15 is 0 Å². The normalized spacial score (nSPS) is 10.8. The van der Waals surface area contributed by atoms with Crippen LogP contribution in [0.3, 0.4) is 0 Å². The van der Waals surface area contributed by atoms with E-state index < -0.39 is 6.61 Å². The third-order valence-corrected chi connectivity index (χ3v) is 3.40. The van der Waals surface area contributed by atoms with Crippen molar-refractivity contribution in [3.8, 4) is 11.8 Å². The van der Waals surface area contributed by atoms with Gasteiger partial charge >= 0.3 is 6.61 Å². The van der Waals surface area contributed by atoms with E-state index in [4.69, 9.17) is 4.52 Å². The van der Waals surface area contributed by atoms with Gasteiger partial charge in [0, 0.05) is 24.5 Å². The summed E-state index contributed by atoms with van der Waals surface area (Å²) in [5.41, 5.74) is 1.34. The lowest BCUT2D eigenvalue weighted by Crippen LogP contribution is -2.08. The Labute approximate surface area is 141 Å². The van der Waals surface area contributed by atoms with E-state index in [9.17, 15) is 14.0 Å². The van der Waals surface area contributed by atoms with E-state index in [1.807, 2.05) is 6.07 Å². The molecule has 0 saturated carbocycles. The summed E-state index contributed by atoms with van der Waals surface area (Å²) in [6.07, 6.45) is 1.87. The molecule has 0 aliphatic carbocycles. The minimum atomic E-state index is -2.93. The van der Waals surface area contributed by atoms with Crippen LogP contribution < -0.4 is 10.1 Å². The zero-order valence-corrected chi connectivity index (χ0v) is 13.2. The summed E-state index contributed by atoms with van der Waals surface area (Å²) in [5.74, 6) is 0.995. The molecule has 25 heavy (non-hydrogen) atoms. The zero-order valence-electron chi connectivity index (χ0n) is 13.2. The summed E-state index contributed by atoms with van der Waals surface area (Å²) >= 11 is 0. The molecule has 0 bridgehead atoms. The van der Waals surface area contributed by atoms with Gasteiger partial charge in [-0.15, -0.1) is 0 Å². The van der Waals surface area contributed by atoms with Gasteiger partial charge in [0.2, 0.25) is 5.89 Å².